The summed E-state index contributed by atoms with van der Waals surface area (Å²) in [6, 6.07) is 11.0. The van der Waals surface area contributed by atoms with Gasteiger partial charge in [-0.2, -0.15) is 0 Å². The van der Waals surface area contributed by atoms with Gasteiger partial charge >= 0.3 is 0 Å². The molecule has 1 atom stereocenters. The monoisotopic (exact) mass is 554 g/mol. The van der Waals surface area contributed by atoms with Crippen molar-refractivity contribution in [3.63, 3.8) is 0 Å². The molecule has 1 aliphatic rings. The maximum atomic E-state index is 13.3. The third-order valence-corrected chi connectivity index (χ3v) is 8.69. The first-order chi connectivity index (χ1) is 18.4. The van der Waals surface area contributed by atoms with Gasteiger partial charge < -0.3 is 14.3 Å². The lowest BCUT2D eigenvalue weighted by molar-refractivity contribution is -0.110. The fraction of sp³-hybridized carbons (Fsp3) is 0.250. The molecular formula is C24H22N6O6S2. The number of ether oxygens (including phenoxy) is 2. The quantitative estimate of drug-likeness (QED) is 0.241. The van der Waals surface area contributed by atoms with E-state index in [9.17, 15) is 13.2 Å². The number of thiazole rings is 1. The van der Waals surface area contributed by atoms with Crippen molar-refractivity contribution < 1.29 is 27.5 Å². The largest absolute Gasteiger partial charge is 0.481 e. The van der Waals surface area contributed by atoms with E-state index in [2.05, 4.69) is 30.4 Å². The van der Waals surface area contributed by atoms with E-state index in [0.717, 1.165) is 0 Å². The predicted octanol–water partition coefficient (Wildman–Crippen LogP) is 2.61. The number of benzene rings is 1. The average molecular weight is 555 g/mol. The second kappa shape index (κ2) is 11.2. The molecule has 0 unspecified atom stereocenters. The first-order valence-corrected chi connectivity index (χ1v) is 13.8. The summed E-state index contributed by atoms with van der Waals surface area (Å²) in [5.41, 5.74) is 0.852. The first kappa shape index (κ1) is 25.6. The average Bonchev–Trinajstić information content (AvgIpc) is 3.62. The number of pyridine rings is 1. The summed E-state index contributed by atoms with van der Waals surface area (Å²) in [5.74, 6) is 0.198. The fourth-order valence-corrected chi connectivity index (χ4v) is 6.07. The molecule has 1 N–H and O–H groups in total. The van der Waals surface area contributed by atoms with Crippen molar-refractivity contribution >= 4 is 48.3 Å². The van der Waals surface area contributed by atoms with Gasteiger partial charge in [0.25, 0.3) is 5.91 Å². The van der Waals surface area contributed by atoms with Gasteiger partial charge in [-0.05, 0) is 30.7 Å². The van der Waals surface area contributed by atoms with Crippen LogP contribution in [-0.4, -0.2) is 65.5 Å². The van der Waals surface area contributed by atoms with Crippen LogP contribution in [0.25, 0.3) is 10.3 Å². The summed E-state index contributed by atoms with van der Waals surface area (Å²) in [6.45, 7) is 0.504. The van der Waals surface area contributed by atoms with Gasteiger partial charge in [-0.15, -0.1) is 0 Å². The Morgan fingerprint density at radius 3 is 2.66 bits per heavy atom. The highest BCUT2D eigenvalue weighted by atomic mass is 32.2. The van der Waals surface area contributed by atoms with Crippen LogP contribution in [0.3, 0.4) is 0 Å². The molecular weight excluding hydrogens is 532 g/mol. The highest BCUT2D eigenvalue weighted by Crippen LogP contribution is 2.27. The number of nitrogens with zero attached hydrogens (tertiary/aromatic N) is 5. The molecule has 0 saturated carbocycles. The molecule has 5 rings (SSSR count). The zero-order valence-electron chi connectivity index (χ0n) is 20.1. The summed E-state index contributed by atoms with van der Waals surface area (Å²) >= 11 is 1.17. The van der Waals surface area contributed by atoms with E-state index in [0.29, 0.717) is 45.8 Å². The highest BCUT2D eigenvalue weighted by Gasteiger charge is 2.31. The molecule has 4 heterocycles. The van der Waals surface area contributed by atoms with Gasteiger partial charge in [-0.1, -0.05) is 28.6 Å². The van der Waals surface area contributed by atoms with Crippen LogP contribution in [0.15, 0.2) is 64.9 Å². The standard InChI is InChI=1S/C24H22N6O6S2/c1-34-20-8-7-18-23(28-20)37-24(27-18)29-22(31)21(30-36-14-19-25-10-2-11-26-19)15-3-5-16(6-4-15)38(32,33)17-9-12-35-13-17/h2-8,10-11,17H,9,12-14H2,1H3,(H,27,29,31)/t17-/m0/s1. The number of oxime groups is 1. The number of rotatable bonds is 9. The first-order valence-electron chi connectivity index (χ1n) is 11.4. The Hall–Kier alpha value is -4.01. The lowest BCUT2D eigenvalue weighted by atomic mass is 10.1. The van der Waals surface area contributed by atoms with Crippen LogP contribution in [0.5, 0.6) is 5.88 Å². The number of aromatic nitrogens is 4. The Bertz CT molecular complexity index is 1570. The molecule has 1 aromatic carbocycles. The van der Waals surface area contributed by atoms with Crippen LogP contribution in [0, 0.1) is 0 Å². The van der Waals surface area contributed by atoms with Gasteiger partial charge in [0, 0.05) is 30.6 Å². The topological polar surface area (TPSA) is 155 Å². The number of anilines is 1. The summed E-state index contributed by atoms with van der Waals surface area (Å²) in [7, 11) is -2.05. The zero-order valence-corrected chi connectivity index (χ0v) is 21.7. The number of carbonyl (C=O) groups excluding carboxylic acids is 1. The maximum Gasteiger partial charge on any atom is 0.280 e. The molecule has 1 fully saturated rings. The molecule has 1 aliphatic heterocycles. The van der Waals surface area contributed by atoms with Crippen molar-refractivity contribution in [3.05, 3.63) is 66.2 Å². The predicted molar refractivity (Wildman–Crippen MR) is 139 cm³/mol. The van der Waals surface area contributed by atoms with Gasteiger partial charge in [0.15, 0.2) is 33.1 Å². The Labute approximate surface area is 221 Å². The van der Waals surface area contributed by atoms with E-state index in [4.69, 9.17) is 14.3 Å². The van der Waals surface area contributed by atoms with Crippen LogP contribution in [-0.2, 0) is 30.8 Å². The van der Waals surface area contributed by atoms with Crippen LogP contribution >= 0.6 is 11.3 Å². The van der Waals surface area contributed by atoms with Crippen molar-refractivity contribution in [2.75, 3.05) is 25.6 Å². The molecule has 0 radical (unpaired) electrons. The minimum atomic E-state index is -3.56. The lowest BCUT2D eigenvalue weighted by Crippen LogP contribution is -2.25. The van der Waals surface area contributed by atoms with E-state index in [1.165, 1.54) is 42.7 Å². The molecule has 4 aromatic rings. The van der Waals surface area contributed by atoms with Gasteiger partial charge in [0.1, 0.15) is 10.3 Å². The van der Waals surface area contributed by atoms with Crippen LogP contribution in [0.4, 0.5) is 5.13 Å². The van der Waals surface area contributed by atoms with Gasteiger partial charge in [-0.25, -0.2) is 28.4 Å². The van der Waals surface area contributed by atoms with Crippen molar-refractivity contribution in [2.45, 2.75) is 23.2 Å². The molecule has 14 heteroatoms. The van der Waals surface area contributed by atoms with Crippen molar-refractivity contribution in [3.8, 4) is 5.88 Å². The van der Waals surface area contributed by atoms with E-state index < -0.39 is 21.0 Å². The van der Waals surface area contributed by atoms with Crippen molar-refractivity contribution in [1.29, 1.82) is 0 Å². The Balaban J connectivity index is 1.40. The Kier molecular flexibility index (Phi) is 7.53. The summed E-state index contributed by atoms with van der Waals surface area (Å²) in [5, 5.41) is 6.45. The number of sulfone groups is 1. The second-order valence-electron chi connectivity index (χ2n) is 8.08. The number of nitrogens with one attached hydrogen (secondary N) is 1. The van der Waals surface area contributed by atoms with E-state index in [1.807, 2.05) is 0 Å². The number of hydrogen-bond donors (Lipinski definition) is 1. The molecule has 1 amide bonds. The minimum absolute atomic E-state index is 0.0728. The molecule has 38 heavy (non-hydrogen) atoms. The summed E-state index contributed by atoms with van der Waals surface area (Å²) in [6.07, 6.45) is 3.57. The maximum absolute atomic E-state index is 13.3. The Morgan fingerprint density at radius 2 is 1.95 bits per heavy atom. The molecule has 1 saturated heterocycles. The van der Waals surface area contributed by atoms with E-state index >= 15 is 0 Å². The van der Waals surface area contributed by atoms with Crippen LogP contribution in [0.2, 0.25) is 0 Å². The van der Waals surface area contributed by atoms with Crippen molar-refractivity contribution in [1.82, 2.24) is 19.9 Å². The third kappa shape index (κ3) is 5.61. The molecule has 196 valence electrons. The normalized spacial score (nSPS) is 15.9. The number of hydrogen-bond acceptors (Lipinski definition) is 12. The molecule has 3 aromatic heterocycles. The zero-order chi connectivity index (χ0) is 26.5. The van der Waals surface area contributed by atoms with Gasteiger partial charge in [0.05, 0.1) is 23.9 Å². The number of fused-ring (bicyclic) bond motifs is 1. The number of methoxy groups -OCH3 is 1. The van der Waals surface area contributed by atoms with E-state index in [-0.39, 0.29) is 23.8 Å². The van der Waals surface area contributed by atoms with Crippen LogP contribution < -0.4 is 10.1 Å². The Morgan fingerprint density at radius 1 is 1.16 bits per heavy atom. The van der Waals surface area contributed by atoms with E-state index in [1.54, 1.807) is 30.6 Å². The fourth-order valence-electron chi connectivity index (χ4n) is 3.66. The van der Waals surface area contributed by atoms with Crippen LogP contribution in [0.1, 0.15) is 17.8 Å². The van der Waals surface area contributed by atoms with Crippen molar-refractivity contribution in [2.24, 2.45) is 5.16 Å². The highest BCUT2D eigenvalue weighted by molar-refractivity contribution is 7.92. The third-order valence-electron chi connectivity index (χ3n) is 5.63. The minimum Gasteiger partial charge on any atom is -0.481 e. The van der Waals surface area contributed by atoms with Gasteiger partial charge in [-0.3, -0.25) is 10.1 Å². The molecule has 0 bridgehead atoms. The molecule has 0 aliphatic carbocycles. The number of carbonyl (C=O) groups is 1. The second-order valence-corrected chi connectivity index (χ2v) is 11.3. The summed E-state index contributed by atoms with van der Waals surface area (Å²) in [4.78, 5) is 36.2. The summed E-state index contributed by atoms with van der Waals surface area (Å²) < 4.78 is 36.2. The molecule has 12 nitrogen and oxygen atoms in total. The molecule has 0 spiro atoms. The van der Waals surface area contributed by atoms with Gasteiger partial charge in [0.2, 0.25) is 5.88 Å². The number of amides is 1. The SMILES string of the molecule is COc1ccc2nc(NC(=O)C(=NOCc3ncccn3)c3ccc(S(=O)(=O)[C@H]4CCOC4)cc3)sc2n1. The smallest absolute Gasteiger partial charge is 0.280 e. The lowest BCUT2D eigenvalue weighted by Gasteiger charge is -2.11.